The molecule has 1 aromatic carbocycles. The van der Waals surface area contributed by atoms with Gasteiger partial charge in [-0.2, -0.15) is 26.3 Å². The van der Waals surface area contributed by atoms with Crippen LogP contribution in [0.2, 0.25) is 0 Å². The number of nitrogens with zero attached hydrogens (tertiary/aromatic N) is 2. The average Bonchev–Trinajstić information content (AvgIpc) is 3.33. The smallest absolute Gasteiger partial charge is 0.388 e. The van der Waals surface area contributed by atoms with Gasteiger partial charge in [0.05, 0.1) is 29.2 Å². The Morgan fingerprint density at radius 1 is 1.14 bits per heavy atom. The Kier molecular flexibility index (Phi) is 7.51. The lowest BCUT2D eigenvalue weighted by atomic mass is 9.95. The summed E-state index contributed by atoms with van der Waals surface area (Å²) in [5, 5.41) is 12.3. The van der Waals surface area contributed by atoms with Gasteiger partial charge < -0.3 is 15.2 Å². The van der Waals surface area contributed by atoms with E-state index in [2.05, 4.69) is 10.3 Å². The largest absolute Gasteiger partial charge is 0.416 e. The number of thioether (sulfide) groups is 1. The predicted molar refractivity (Wildman–Crippen MR) is 117 cm³/mol. The fourth-order valence-electron chi connectivity index (χ4n) is 4.25. The van der Waals surface area contributed by atoms with Gasteiger partial charge >= 0.3 is 12.4 Å². The second kappa shape index (κ2) is 10.1. The number of likely N-dealkylation sites (tertiary alicyclic amines) is 1. The maximum Gasteiger partial charge on any atom is 0.416 e. The van der Waals surface area contributed by atoms with Crippen LogP contribution in [0.15, 0.2) is 34.2 Å². The standard InChI is InChI=1S/C22H23F6N3O3S/c23-21(24,25)14-2-1-13(15(8-14)22(26,27)28)9-31-5-3-12(4-6-31)7-18-19(30-20(33)35-18)29-16-10-34-11-17(16)32/h1-2,7-8,12,16-17,32H,3-6,9-11H2,(H,29,30,33)/b18-7-/t16?,17-/m0/s1. The first kappa shape index (κ1) is 26.0. The van der Waals surface area contributed by atoms with Gasteiger partial charge in [-0.15, -0.1) is 0 Å². The number of nitrogens with one attached hydrogen (secondary N) is 1. The van der Waals surface area contributed by atoms with Crippen LogP contribution in [0.4, 0.5) is 31.1 Å². The van der Waals surface area contributed by atoms with Crippen molar-refractivity contribution in [3.8, 4) is 0 Å². The van der Waals surface area contributed by atoms with Crippen LogP contribution < -0.4 is 5.32 Å². The Labute approximate surface area is 201 Å². The number of aliphatic hydroxyl groups is 1. The summed E-state index contributed by atoms with van der Waals surface area (Å²) in [5.41, 5.74) is -2.80. The van der Waals surface area contributed by atoms with Crippen LogP contribution in [-0.2, 0) is 23.6 Å². The Bertz CT molecular complexity index is 1020. The third kappa shape index (κ3) is 6.38. The van der Waals surface area contributed by atoms with E-state index in [-0.39, 0.29) is 42.5 Å². The van der Waals surface area contributed by atoms with E-state index in [1.54, 1.807) is 4.90 Å². The molecule has 192 valence electrons. The highest BCUT2D eigenvalue weighted by molar-refractivity contribution is 8.18. The van der Waals surface area contributed by atoms with Crippen molar-refractivity contribution in [3.05, 3.63) is 45.9 Å². The molecule has 3 saturated heterocycles. The summed E-state index contributed by atoms with van der Waals surface area (Å²) >= 11 is 0.991. The quantitative estimate of drug-likeness (QED) is 0.572. The molecule has 3 fully saturated rings. The van der Waals surface area contributed by atoms with Crippen LogP contribution in [0.25, 0.3) is 0 Å². The molecule has 2 N–H and O–H groups in total. The molecule has 13 heteroatoms. The predicted octanol–water partition coefficient (Wildman–Crippen LogP) is 4.43. The number of halogens is 6. The number of piperidine rings is 1. The molecule has 1 amide bonds. The summed E-state index contributed by atoms with van der Waals surface area (Å²) in [4.78, 5) is 18.7. The molecule has 0 aromatic heterocycles. The van der Waals surface area contributed by atoms with Crippen LogP contribution in [0.3, 0.4) is 0 Å². The monoisotopic (exact) mass is 523 g/mol. The summed E-state index contributed by atoms with van der Waals surface area (Å²) in [6, 6.07) is 1.27. The van der Waals surface area contributed by atoms with E-state index in [9.17, 15) is 36.2 Å². The minimum atomic E-state index is -4.90. The van der Waals surface area contributed by atoms with Crippen molar-refractivity contribution >= 4 is 22.8 Å². The molecule has 3 heterocycles. The van der Waals surface area contributed by atoms with E-state index in [1.165, 1.54) is 0 Å². The molecule has 3 aliphatic rings. The fourth-order valence-corrected chi connectivity index (χ4v) is 5.06. The number of hydrogen-bond donors (Lipinski definition) is 2. The van der Waals surface area contributed by atoms with Crippen LogP contribution >= 0.6 is 11.8 Å². The van der Waals surface area contributed by atoms with Gasteiger partial charge in [-0.25, -0.2) is 0 Å². The van der Waals surface area contributed by atoms with Gasteiger partial charge in [-0.05, 0) is 61.3 Å². The van der Waals surface area contributed by atoms with Crippen LogP contribution in [-0.4, -0.2) is 59.5 Å². The first-order chi connectivity index (χ1) is 16.4. The third-order valence-electron chi connectivity index (χ3n) is 6.13. The molecule has 0 aliphatic carbocycles. The number of rotatable bonds is 4. The minimum absolute atomic E-state index is 0.0473. The van der Waals surface area contributed by atoms with Crippen molar-refractivity contribution in [2.45, 2.75) is 43.9 Å². The maximum atomic E-state index is 13.4. The first-order valence-electron chi connectivity index (χ1n) is 10.9. The SMILES string of the molecule is O=C1NC(=NC2COC[C@@H]2O)/C(=C/C2CCN(Cc3ccc(C(F)(F)F)cc3C(F)(F)F)CC2)S1. The Morgan fingerprint density at radius 2 is 1.86 bits per heavy atom. The molecule has 0 radical (unpaired) electrons. The fraction of sp³-hybridized carbons (Fsp3) is 0.545. The Balaban J connectivity index is 1.41. The van der Waals surface area contributed by atoms with E-state index in [1.807, 2.05) is 6.08 Å². The zero-order valence-corrected chi connectivity index (χ0v) is 19.1. The number of amides is 1. The lowest BCUT2D eigenvalue weighted by Gasteiger charge is -2.31. The molecule has 0 spiro atoms. The number of hydrogen-bond acceptors (Lipinski definition) is 6. The molecule has 1 aromatic rings. The zero-order valence-electron chi connectivity index (χ0n) is 18.3. The number of amidine groups is 1. The van der Waals surface area contributed by atoms with E-state index < -0.39 is 35.6 Å². The molecular formula is C22H23F6N3O3S. The maximum absolute atomic E-state index is 13.4. The topological polar surface area (TPSA) is 74.2 Å². The molecular weight excluding hydrogens is 500 g/mol. The molecule has 0 bridgehead atoms. The normalized spacial score (nSPS) is 27.2. The number of allylic oxidation sites excluding steroid dienone is 1. The molecule has 4 rings (SSSR count). The van der Waals surface area contributed by atoms with Gasteiger partial charge in [0.15, 0.2) is 0 Å². The minimum Gasteiger partial charge on any atom is -0.388 e. The first-order valence-corrected chi connectivity index (χ1v) is 11.8. The van der Waals surface area contributed by atoms with E-state index in [0.717, 1.165) is 17.8 Å². The summed E-state index contributed by atoms with van der Waals surface area (Å²) < 4.78 is 84.2. The third-order valence-corrected chi connectivity index (χ3v) is 6.97. The number of ether oxygens (including phenoxy) is 1. The van der Waals surface area contributed by atoms with E-state index in [4.69, 9.17) is 4.74 Å². The van der Waals surface area contributed by atoms with Crippen molar-refractivity contribution in [1.29, 1.82) is 0 Å². The number of carbonyl (C=O) groups is 1. The summed E-state index contributed by atoms with van der Waals surface area (Å²) in [6.45, 7) is 1.20. The van der Waals surface area contributed by atoms with Crippen LogP contribution in [0.5, 0.6) is 0 Å². The van der Waals surface area contributed by atoms with Crippen molar-refractivity contribution in [1.82, 2.24) is 10.2 Å². The number of aliphatic hydroxyl groups excluding tert-OH is 1. The highest BCUT2D eigenvalue weighted by Gasteiger charge is 2.38. The summed E-state index contributed by atoms with van der Waals surface area (Å²) in [5.74, 6) is 0.419. The zero-order chi connectivity index (χ0) is 25.4. The van der Waals surface area contributed by atoms with E-state index in [0.29, 0.717) is 42.7 Å². The van der Waals surface area contributed by atoms with Crippen molar-refractivity contribution < 1.29 is 41.0 Å². The van der Waals surface area contributed by atoms with E-state index >= 15 is 0 Å². The second-order valence-corrected chi connectivity index (χ2v) is 9.69. The molecule has 1 unspecified atom stereocenters. The molecule has 35 heavy (non-hydrogen) atoms. The van der Waals surface area contributed by atoms with Crippen LogP contribution in [0, 0.1) is 5.92 Å². The van der Waals surface area contributed by atoms with Crippen molar-refractivity contribution in [2.75, 3.05) is 26.3 Å². The van der Waals surface area contributed by atoms with Gasteiger partial charge in [-0.3, -0.25) is 14.7 Å². The van der Waals surface area contributed by atoms with Gasteiger partial charge in [-0.1, -0.05) is 12.1 Å². The van der Waals surface area contributed by atoms with Crippen LogP contribution in [0.1, 0.15) is 29.5 Å². The van der Waals surface area contributed by atoms with Gasteiger partial charge in [0.2, 0.25) is 0 Å². The Hall–Kier alpha value is -2.09. The number of carbonyl (C=O) groups excluding carboxylic acids is 1. The highest BCUT2D eigenvalue weighted by Crippen LogP contribution is 2.38. The lowest BCUT2D eigenvalue weighted by Crippen LogP contribution is -2.33. The second-order valence-electron chi connectivity index (χ2n) is 8.68. The summed E-state index contributed by atoms with van der Waals surface area (Å²) in [6.07, 6.45) is -7.40. The Morgan fingerprint density at radius 3 is 2.46 bits per heavy atom. The molecule has 2 atom stereocenters. The summed E-state index contributed by atoms with van der Waals surface area (Å²) in [7, 11) is 0. The lowest BCUT2D eigenvalue weighted by molar-refractivity contribution is -0.143. The van der Waals surface area contributed by atoms with Crippen molar-refractivity contribution in [3.63, 3.8) is 0 Å². The molecule has 6 nitrogen and oxygen atoms in total. The molecule has 3 aliphatic heterocycles. The van der Waals surface area contributed by atoms with Gasteiger partial charge in [0.1, 0.15) is 18.0 Å². The highest BCUT2D eigenvalue weighted by atomic mass is 32.2. The number of alkyl halides is 6. The van der Waals surface area contributed by atoms with Crippen molar-refractivity contribution in [2.24, 2.45) is 10.9 Å². The van der Waals surface area contributed by atoms with Gasteiger partial charge in [0.25, 0.3) is 5.24 Å². The number of benzene rings is 1. The number of aliphatic imine (C=N–C) groups is 1. The average molecular weight is 523 g/mol. The molecule has 0 saturated carbocycles. The van der Waals surface area contributed by atoms with Gasteiger partial charge in [0, 0.05) is 6.54 Å².